The second-order valence-corrected chi connectivity index (χ2v) is 4.36. The molecule has 0 aliphatic carbocycles. The largest absolute Gasteiger partial charge is 0.438 e. The fourth-order valence-corrected chi connectivity index (χ4v) is 1.86. The quantitative estimate of drug-likeness (QED) is 0.779. The van der Waals surface area contributed by atoms with E-state index >= 15 is 0 Å². The van der Waals surface area contributed by atoms with Crippen molar-refractivity contribution in [1.29, 1.82) is 0 Å². The van der Waals surface area contributed by atoms with Gasteiger partial charge in [-0.1, -0.05) is 30.3 Å². The van der Waals surface area contributed by atoms with Crippen molar-refractivity contribution in [3.63, 3.8) is 0 Å². The molecule has 0 bridgehead atoms. The van der Waals surface area contributed by atoms with E-state index in [1.807, 2.05) is 6.07 Å². The highest BCUT2D eigenvalue weighted by Crippen LogP contribution is 2.08. The average Bonchev–Trinajstić information content (AvgIpc) is 2.48. The highest BCUT2D eigenvalue weighted by molar-refractivity contribution is 6.00. The van der Waals surface area contributed by atoms with Crippen molar-refractivity contribution in [3.8, 4) is 0 Å². The molecular formula is C14H17NO4. The molecule has 19 heavy (non-hydrogen) atoms. The van der Waals surface area contributed by atoms with Crippen LogP contribution in [0.1, 0.15) is 17.3 Å². The molecule has 1 aliphatic rings. The van der Waals surface area contributed by atoms with Gasteiger partial charge in [0.15, 0.2) is 6.10 Å². The molecule has 0 N–H and O–H groups in total. The smallest absolute Gasteiger partial charge is 0.410 e. The SMILES string of the molecule is CC(OC(=O)N1CCOCC1)C(=O)c1ccccc1. The van der Waals surface area contributed by atoms with Gasteiger partial charge < -0.3 is 14.4 Å². The number of ether oxygens (including phenoxy) is 2. The lowest BCUT2D eigenvalue weighted by atomic mass is 10.1. The van der Waals surface area contributed by atoms with Crippen LogP contribution in [0.25, 0.3) is 0 Å². The van der Waals surface area contributed by atoms with Crippen LogP contribution < -0.4 is 0 Å². The lowest BCUT2D eigenvalue weighted by Crippen LogP contribution is -2.42. The van der Waals surface area contributed by atoms with Crippen LogP contribution in [0.2, 0.25) is 0 Å². The molecule has 0 radical (unpaired) electrons. The van der Waals surface area contributed by atoms with Gasteiger partial charge in [0, 0.05) is 18.7 Å². The van der Waals surface area contributed by atoms with E-state index in [0.717, 1.165) is 0 Å². The number of amides is 1. The third-order valence-electron chi connectivity index (χ3n) is 2.97. The Bertz CT molecular complexity index is 440. The standard InChI is InChI=1S/C14H17NO4/c1-11(13(16)12-5-3-2-4-6-12)19-14(17)15-7-9-18-10-8-15/h2-6,11H,7-10H2,1H3. The highest BCUT2D eigenvalue weighted by atomic mass is 16.6. The van der Waals surface area contributed by atoms with E-state index in [9.17, 15) is 9.59 Å². The molecule has 5 heteroatoms. The van der Waals surface area contributed by atoms with Crippen molar-refractivity contribution in [2.24, 2.45) is 0 Å². The molecule has 5 nitrogen and oxygen atoms in total. The van der Waals surface area contributed by atoms with Crippen LogP contribution in [0, 0.1) is 0 Å². The van der Waals surface area contributed by atoms with E-state index in [1.54, 1.807) is 36.1 Å². The molecule has 1 saturated heterocycles. The third kappa shape index (κ3) is 3.54. The molecule has 0 spiro atoms. The summed E-state index contributed by atoms with van der Waals surface area (Å²) in [5.74, 6) is -0.192. The Morgan fingerprint density at radius 1 is 1.21 bits per heavy atom. The summed E-state index contributed by atoms with van der Waals surface area (Å²) in [6.45, 7) is 3.62. The number of carbonyl (C=O) groups is 2. The Balaban J connectivity index is 1.91. The number of benzene rings is 1. The molecule has 1 fully saturated rings. The number of nitrogens with zero attached hydrogens (tertiary/aromatic N) is 1. The van der Waals surface area contributed by atoms with Gasteiger partial charge in [0.2, 0.25) is 5.78 Å². The summed E-state index contributed by atoms with van der Waals surface area (Å²) in [5, 5.41) is 0. The molecule has 1 aromatic carbocycles. The van der Waals surface area contributed by atoms with Gasteiger partial charge in [0.05, 0.1) is 13.2 Å². The number of carbonyl (C=O) groups excluding carboxylic acids is 2. The molecule has 0 aromatic heterocycles. The van der Waals surface area contributed by atoms with E-state index in [2.05, 4.69) is 0 Å². The molecule has 2 rings (SSSR count). The highest BCUT2D eigenvalue weighted by Gasteiger charge is 2.24. The van der Waals surface area contributed by atoms with E-state index < -0.39 is 12.2 Å². The zero-order valence-electron chi connectivity index (χ0n) is 10.9. The van der Waals surface area contributed by atoms with E-state index in [1.165, 1.54) is 0 Å². The summed E-state index contributed by atoms with van der Waals surface area (Å²) < 4.78 is 10.3. The normalized spacial score (nSPS) is 16.8. The number of ketones is 1. The van der Waals surface area contributed by atoms with Gasteiger partial charge in [0.25, 0.3) is 0 Å². The van der Waals surface area contributed by atoms with Gasteiger partial charge in [-0.25, -0.2) is 4.79 Å². The molecule has 1 amide bonds. The second kappa shape index (κ2) is 6.33. The molecule has 1 aromatic rings. The monoisotopic (exact) mass is 263 g/mol. The lowest BCUT2D eigenvalue weighted by molar-refractivity contribution is 0.0161. The fraction of sp³-hybridized carbons (Fsp3) is 0.429. The van der Waals surface area contributed by atoms with Gasteiger partial charge in [-0.15, -0.1) is 0 Å². The van der Waals surface area contributed by atoms with Crippen molar-refractivity contribution in [3.05, 3.63) is 35.9 Å². The first-order chi connectivity index (χ1) is 9.18. The predicted molar refractivity (Wildman–Crippen MR) is 69.1 cm³/mol. The molecule has 1 aliphatic heterocycles. The summed E-state index contributed by atoms with van der Waals surface area (Å²) >= 11 is 0. The summed E-state index contributed by atoms with van der Waals surface area (Å²) in [7, 11) is 0. The Hall–Kier alpha value is -1.88. The number of hydrogen-bond acceptors (Lipinski definition) is 4. The minimum atomic E-state index is -0.780. The molecular weight excluding hydrogens is 246 g/mol. The zero-order valence-corrected chi connectivity index (χ0v) is 10.9. The topological polar surface area (TPSA) is 55.8 Å². The lowest BCUT2D eigenvalue weighted by Gasteiger charge is -2.27. The summed E-state index contributed by atoms with van der Waals surface area (Å²) in [6, 6.07) is 8.82. The Labute approximate surface area is 112 Å². The fourth-order valence-electron chi connectivity index (χ4n) is 1.86. The minimum absolute atomic E-state index is 0.192. The molecule has 1 heterocycles. The summed E-state index contributed by atoms with van der Waals surface area (Å²) in [5.41, 5.74) is 0.546. The van der Waals surface area contributed by atoms with E-state index in [4.69, 9.17) is 9.47 Å². The van der Waals surface area contributed by atoms with E-state index in [-0.39, 0.29) is 5.78 Å². The van der Waals surface area contributed by atoms with Crippen LogP contribution >= 0.6 is 0 Å². The zero-order chi connectivity index (χ0) is 13.7. The maximum absolute atomic E-state index is 12.0. The first kappa shape index (κ1) is 13.5. The molecule has 1 atom stereocenters. The second-order valence-electron chi connectivity index (χ2n) is 4.36. The van der Waals surface area contributed by atoms with Crippen LogP contribution in [0.15, 0.2) is 30.3 Å². The van der Waals surface area contributed by atoms with Crippen LogP contribution in [-0.4, -0.2) is 49.2 Å². The maximum Gasteiger partial charge on any atom is 0.410 e. The van der Waals surface area contributed by atoms with Crippen molar-refractivity contribution in [2.45, 2.75) is 13.0 Å². The number of hydrogen-bond donors (Lipinski definition) is 0. The van der Waals surface area contributed by atoms with Crippen molar-refractivity contribution < 1.29 is 19.1 Å². The summed E-state index contributed by atoms with van der Waals surface area (Å²) in [6.07, 6.45) is -1.24. The third-order valence-corrected chi connectivity index (χ3v) is 2.97. The Kier molecular flexibility index (Phi) is 4.52. The van der Waals surface area contributed by atoms with Gasteiger partial charge >= 0.3 is 6.09 Å². The van der Waals surface area contributed by atoms with Crippen molar-refractivity contribution in [1.82, 2.24) is 4.90 Å². The van der Waals surface area contributed by atoms with Crippen LogP contribution in [0.5, 0.6) is 0 Å². The Morgan fingerprint density at radius 2 is 1.84 bits per heavy atom. The van der Waals surface area contributed by atoms with E-state index in [0.29, 0.717) is 31.9 Å². The average molecular weight is 263 g/mol. The van der Waals surface area contributed by atoms with Crippen LogP contribution in [0.3, 0.4) is 0 Å². The Morgan fingerprint density at radius 3 is 2.47 bits per heavy atom. The first-order valence-electron chi connectivity index (χ1n) is 6.31. The number of morpholine rings is 1. The van der Waals surface area contributed by atoms with Crippen LogP contribution in [-0.2, 0) is 9.47 Å². The molecule has 1 unspecified atom stereocenters. The number of Topliss-reactive ketones (excluding diaryl/α,β-unsaturated/α-hetero) is 1. The minimum Gasteiger partial charge on any atom is -0.438 e. The van der Waals surface area contributed by atoms with Gasteiger partial charge in [0.1, 0.15) is 0 Å². The molecule has 0 saturated carbocycles. The van der Waals surface area contributed by atoms with Gasteiger partial charge in [-0.2, -0.15) is 0 Å². The van der Waals surface area contributed by atoms with Gasteiger partial charge in [-0.3, -0.25) is 4.79 Å². The van der Waals surface area contributed by atoms with Crippen molar-refractivity contribution >= 4 is 11.9 Å². The van der Waals surface area contributed by atoms with Gasteiger partial charge in [-0.05, 0) is 6.92 Å². The summed E-state index contributed by atoms with van der Waals surface area (Å²) in [4.78, 5) is 25.4. The molecule has 102 valence electrons. The maximum atomic E-state index is 12.0. The number of rotatable bonds is 3. The first-order valence-corrected chi connectivity index (χ1v) is 6.31. The van der Waals surface area contributed by atoms with Crippen LogP contribution in [0.4, 0.5) is 4.79 Å². The van der Waals surface area contributed by atoms with Crippen molar-refractivity contribution in [2.75, 3.05) is 26.3 Å². The predicted octanol–water partition coefficient (Wildman–Crippen LogP) is 1.73.